The predicted octanol–water partition coefficient (Wildman–Crippen LogP) is 4.25. The molecule has 0 aliphatic carbocycles. The molecule has 1 aromatic carbocycles. The van der Waals surface area contributed by atoms with Gasteiger partial charge in [-0.1, -0.05) is 23.7 Å². The standard InChI is InChI=1S/C12H9BrClFN2/c13-11-6-1-3-8(17-11)7-16-10-5-2-4-9(14)12(10)15/h1-6,16H,7H2. The Kier molecular flexibility index (Phi) is 3.97. The van der Waals surface area contributed by atoms with E-state index in [2.05, 4.69) is 26.2 Å². The summed E-state index contributed by atoms with van der Waals surface area (Å²) in [5.74, 6) is -0.441. The number of rotatable bonds is 3. The molecule has 88 valence electrons. The number of aromatic nitrogens is 1. The summed E-state index contributed by atoms with van der Waals surface area (Å²) in [6, 6.07) is 10.4. The van der Waals surface area contributed by atoms with Crippen molar-refractivity contribution in [3.8, 4) is 0 Å². The lowest BCUT2D eigenvalue weighted by Gasteiger charge is -2.08. The van der Waals surface area contributed by atoms with Gasteiger partial charge in [0.05, 0.1) is 22.9 Å². The number of hydrogen-bond donors (Lipinski definition) is 1. The molecule has 1 N–H and O–H groups in total. The van der Waals surface area contributed by atoms with Gasteiger partial charge in [-0.15, -0.1) is 0 Å². The van der Waals surface area contributed by atoms with Gasteiger partial charge in [0, 0.05) is 0 Å². The van der Waals surface area contributed by atoms with Crippen LogP contribution in [0.5, 0.6) is 0 Å². The van der Waals surface area contributed by atoms with Crippen molar-refractivity contribution in [2.24, 2.45) is 0 Å². The minimum absolute atomic E-state index is 0.109. The Morgan fingerprint density at radius 3 is 2.76 bits per heavy atom. The van der Waals surface area contributed by atoms with Crippen LogP contribution in [0.25, 0.3) is 0 Å². The molecule has 0 aliphatic heterocycles. The number of benzene rings is 1. The molecule has 0 unspecified atom stereocenters. The van der Waals surface area contributed by atoms with Crippen LogP contribution in [-0.4, -0.2) is 4.98 Å². The van der Waals surface area contributed by atoms with Crippen LogP contribution in [0.1, 0.15) is 5.69 Å². The molecule has 0 amide bonds. The average molecular weight is 316 g/mol. The summed E-state index contributed by atoms with van der Waals surface area (Å²) < 4.78 is 14.3. The van der Waals surface area contributed by atoms with Gasteiger partial charge >= 0.3 is 0 Å². The molecular weight excluding hydrogens is 307 g/mol. The second kappa shape index (κ2) is 5.47. The summed E-state index contributed by atoms with van der Waals surface area (Å²) >= 11 is 8.96. The van der Waals surface area contributed by atoms with E-state index in [9.17, 15) is 4.39 Å². The average Bonchev–Trinajstić information content (AvgIpc) is 2.31. The van der Waals surface area contributed by atoms with Crippen molar-refractivity contribution in [1.82, 2.24) is 4.98 Å². The second-order valence-corrected chi connectivity index (χ2v) is 4.63. The molecule has 0 saturated carbocycles. The molecule has 2 rings (SSSR count). The van der Waals surface area contributed by atoms with Crippen molar-refractivity contribution in [1.29, 1.82) is 0 Å². The van der Waals surface area contributed by atoms with Crippen molar-refractivity contribution >= 4 is 33.2 Å². The Balaban J connectivity index is 2.10. The maximum Gasteiger partial charge on any atom is 0.164 e. The minimum Gasteiger partial charge on any atom is -0.377 e. The van der Waals surface area contributed by atoms with E-state index in [1.54, 1.807) is 12.1 Å². The van der Waals surface area contributed by atoms with Gasteiger partial charge < -0.3 is 5.32 Å². The van der Waals surface area contributed by atoms with E-state index < -0.39 is 5.82 Å². The van der Waals surface area contributed by atoms with Gasteiger partial charge in [0.1, 0.15) is 4.60 Å². The summed E-state index contributed by atoms with van der Waals surface area (Å²) in [7, 11) is 0. The lowest BCUT2D eigenvalue weighted by atomic mass is 10.3. The molecule has 1 aromatic heterocycles. The lowest BCUT2D eigenvalue weighted by Crippen LogP contribution is -2.03. The molecule has 1 heterocycles. The Hall–Kier alpha value is -1.13. The Labute approximate surface area is 112 Å². The van der Waals surface area contributed by atoms with E-state index >= 15 is 0 Å². The maximum atomic E-state index is 13.6. The van der Waals surface area contributed by atoms with Crippen LogP contribution in [0.2, 0.25) is 5.02 Å². The van der Waals surface area contributed by atoms with E-state index in [0.29, 0.717) is 12.2 Å². The first kappa shape index (κ1) is 12.3. The van der Waals surface area contributed by atoms with E-state index in [1.807, 2.05) is 18.2 Å². The summed E-state index contributed by atoms with van der Waals surface area (Å²) in [6.07, 6.45) is 0. The molecule has 0 aliphatic rings. The fourth-order valence-electron chi connectivity index (χ4n) is 1.37. The first-order valence-corrected chi connectivity index (χ1v) is 6.13. The minimum atomic E-state index is -0.441. The molecule has 0 bridgehead atoms. The number of hydrogen-bond acceptors (Lipinski definition) is 2. The van der Waals surface area contributed by atoms with Gasteiger partial charge in [0.15, 0.2) is 5.82 Å². The molecule has 0 spiro atoms. The van der Waals surface area contributed by atoms with Gasteiger partial charge in [0.2, 0.25) is 0 Å². The third kappa shape index (κ3) is 3.17. The van der Waals surface area contributed by atoms with E-state index in [1.165, 1.54) is 6.07 Å². The SMILES string of the molecule is Fc1c(Cl)cccc1NCc1cccc(Br)n1. The fraction of sp³-hybridized carbons (Fsp3) is 0.0833. The smallest absolute Gasteiger partial charge is 0.164 e. The lowest BCUT2D eigenvalue weighted by molar-refractivity contribution is 0.630. The third-order valence-electron chi connectivity index (χ3n) is 2.18. The topological polar surface area (TPSA) is 24.9 Å². The summed E-state index contributed by atoms with van der Waals surface area (Å²) in [6.45, 7) is 0.441. The van der Waals surface area contributed by atoms with Crippen LogP contribution < -0.4 is 5.32 Å². The van der Waals surface area contributed by atoms with Crippen LogP contribution in [0.3, 0.4) is 0 Å². The zero-order valence-electron chi connectivity index (χ0n) is 8.75. The van der Waals surface area contributed by atoms with E-state index in [-0.39, 0.29) is 5.02 Å². The largest absolute Gasteiger partial charge is 0.377 e. The number of pyridine rings is 1. The summed E-state index contributed by atoms with van der Waals surface area (Å²) in [4.78, 5) is 4.24. The van der Waals surface area contributed by atoms with Crippen LogP contribution in [0.4, 0.5) is 10.1 Å². The summed E-state index contributed by atoms with van der Waals surface area (Å²) in [5, 5.41) is 3.06. The zero-order valence-corrected chi connectivity index (χ0v) is 11.1. The van der Waals surface area contributed by atoms with Crippen LogP contribution in [-0.2, 0) is 6.54 Å². The quantitative estimate of drug-likeness (QED) is 0.857. The highest BCUT2D eigenvalue weighted by Crippen LogP contribution is 2.22. The van der Waals surface area contributed by atoms with E-state index in [0.717, 1.165) is 10.3 Å². The number of nitrogens with one attached hydrogen (secondary N) is 1. The molecule has 0 radical (unpaired) electrons. The highest BCUT2D eigenvalue weighted by molar-refractivity contribution is 9.10. The number of halogens is 3. The van der Waals surface area contributed by atoms with Crippen molar-refractivity contribution < 1.29 is 4.39 Å². The van der Waals surface area contributed by atoms with E-state index in [4.69, 9.17) is 11.6 Å². The van der Waals surface area contributed by atoms with Gasteiger partial charge in [0.25, 0.3) is 0 Å². The van der Waals surface area contributed by atoms with Gasteiger partial charge in [-0.3, -0.25) is 0 Å². The Bertz CT molecular complexity index is 534. The van der Waals surface area contributed by atoms with Crippen molar-refractivity contribution in [2.45, 2.75) is 6.54 Å². The van der Waals surface area contributed by atoms with Crippen LogP contribution in [0, 0.1) is 5.82 Å². The highest BCUT2D eigenvalue weighted by atomic mass is 79.9. The zero-order chi connectivity index (χ0) is 12.3. The molecule has 5 heteroatoms. The maximum absolute atomic E-state index is 13.6. The van der Waals surface area contributed by atoms with Crippen LogP contribution in [0.15, 0.2) is 41.0 Å². The predicted molar refractivity (Wildman–Crippen MR) is 70.7 cm³/mol. The number of anilines is 1. The number of nitrogens with zero attached hydrogens (tertiary/aromatic N) is 1. The molecule has 0 atom stereocenters. The molecule has 2 nitrogen and oxygen atoms in total. The highest BCUT2D eigenvalue weighted by Gasteiger charge is 2.05. The van der Waals surface area contributed by atoms with Gasteiger partial charge in [-0.05, 0) is 40.2 Å². The summed E-state index contributed by atoms with van der Waals surface area (Å²) in [5.41, 5.74) is 1.19. The van der Waals surface area contributed by atoms with Crippen molar-refractivity contribution in [3.05, 3.63) is 57.5 Å². The van der Waals surface area contributed by atoms with Crippen molar-refractivity contribution in [3.63, 3.8) is 0 Å². The van der Waals surface area contributed by atoms with Crippen LogP contribution >= 0.6 is 27.5 Å². The van der Waals surface area contributed by atoms with Crippen molar-refractivity contribution in [2.75, 3.05) is 5.32 Å². The normalized spacial score (nSPS) is 10.3. The molecule has 17 heavy (non-hydrogen) atoms. The first-order chi connectivity index (χ1) is 8.16. The molecule has 2 aromatic rings. The molecule has 0 saturated heterocycles. The monoisotopic (exact) mass is 314 g/mol. The first-order valence-electron chi connectivity index (χ1n) is 4.96. The fourth-order valence-corrected chi connectivity index (χ4v) is 1.93. The Morgan fingerprint density at radius 2 is 2.00 bits per heavy atom. The van der Waals surface area contributed by atoms with Gasteiger partial charge in [-0.25, -0.2) is 9.37 Å². The Morgan fingerprint density at radius 1 is 1.24 bits per heavy atom. The molecule has 0 fully saturated rings. The van der Waals surface area contributed by atoms with Gasteiger partial charge in [-0.2, -0.15) is 0 Å². The molecular formula is C12H9BrClFN2. The second-order valence-electron chi connectivity index (χ2n) is 3.41. The third-order valence-corrected chi connectivity index (χ3v) is 2.92.